The topological polar surface area (TPSA) is 61.7 Å². The average Bonchev–Trinajstić information content (AvgIpc) is 2.83. The first-order valence-electron chi connectivity index (χ1n) is 13.4. The van der Waals surface area contributed by atoms with Crippen LogP contribution in [-0.4, -0.2) is 34.6 Å². The summed E-state index contributed by atoms with van der Waals surface area (Å²) in [5, 5.41) is 26.7. The summed E-state index contributed by atoms with van der Waals surface area (Å²) in [4.78, 5) is 0. The maximum Gasteiger partial charge on any atom is 0.120 e. The Labute approximate surface area is 205 Å². The van der Waals surface area contributed by atoms with Gasteiger partial charge in [0.25, 0.3) is 0 Å². The summed E-state index contributed by atoms with van der Waals surface area (Å²) in [6, 6.07) is 13.2. The van der Waals surface area contributed by atoms with Crippen LogP contribution in [0.15, 0.2) is 36.4 Å². The molecule has 6 rings (SSSR count). The van der Waals surface area contributed by atoms with Crippen LogP contribution in [0.25, 0.3) is 10.8 Å². The Balaban J connectivity index is 1.19. The van der Waals surface area contributed by atoms with Crippen molar-refractivity contribution in [3.05, 3.63) is 42.0 Å². The van der Waals surface area contributed by atoms with E-state index in [0.717, 1.165) is 63.2 Å². The number of aliphatic hydroxyl groups excluding tert-OH is 2. The zero-order valence-electron chi connectivity index (χ0n) is 21.3. The molecule has 34 heavy (non-hydrogen) atoms. The SMILES string of the molecule is CC(C)(C)[C@H]1CC[C@H](Oc2ccc3cc(CNC45CCC(CO)(CC4)C(O)C5)ccc3c2)CC1. The number of aliphatic hydroxyl groups is 2. The van der Waals surface area contributed by atoms with Gasteiger partial charge in [0, 0.05) is 17.5 Å². The third kappa shape index (κ3) is 4.74. The van der Waals surface area contributed by atoms with Crippen molar-refractivity contribution in [1.82, 2.24) is 5.32 Å². The quantitative estimate of drug-likeness (QED) is 0.492. The maximum absolute atomic E-state index is 10.6. The molecule has 0 aromatic heterocycles. The van der Waals surface area contributed by atoms with Crippen molar-refractivity contribution < 1.29 is 14.9 Å². The van der Waals surface area contributed by atoms with Gasteiger partial charge in [0.15, 0.2) is 0 Å². The van der Waals surface area contributed by atoms with Crippen molar-refractivity contribution in [2.45, 2.75) is 103 Å². The second-order valence-corrected chi connectivity index (χ2v) is 12.7. The van der Waals surface area contributed by atoms with E-state index in [4.69, 9.17) is 4.74 Å². The summed E-state index contributed by atoms with van der Waals surface area (Å²) in [6.07, 6.45) is 9.42. The van der Waals surface area contributed by atoms with Crippen LogP contribution in [0.1, 0.15) is 84.1 Å². The van der Waals surface area contributed by atoms with E-state index in [2.05, 4.69) is 62.5 Å². The number of hydrogen-bond donors (Lipinski definition) is 3. The summed E-state index contributed by atoms with van der Waals surface area (Å²) in [5.74, 6) is 1.79. The van der Waals surface area contributed by atoms with Gasteiger partial charge < -0.3 is 20.3 Å². The summed E-state index contributed by atoms with van der Waals surface area (Å²) in [5.41, 5.74) is 1.43. The molecule has 2 aromatic carbocycles. The van der Waals surface area contributed by atoms with Gasteiger partial charge in [-0.1, -0.05) is 39.0 Å². The molecule has 0 amide bonds. The summed E-state index contributed by atoms with van der Waals surface area (Å²) >= 11 is 0. The van der Waals surface area contributed by atoms with Crippen LogP contribution >= 0.6 is 0 Å². The molecule has 0 spiro atoms. The first-order valence-corrected chi connectivity index (χ1v) is 13.4. The second-order valence-electron chi connectivity index (χ2n) is 12.7. The van der Waals surface area contributed by atoms with Crippen molar-refractivity contribution in [1.29, 1.82) is 0 Å². The summed E-state index contributed by atoms with van der Waals surface area (Å²) < 4.78 is 6.39. The molecule has 4 saturated carbocycles. The molecular formula is C30H43NO3. The van der Waals surface area contributed by atoms with Crippen molar-refractivity contribution in [3.8, 4) is 5.75 Å². The Morgan fingerprint density at radius 1 is 0.941 bits per heavy atom. The molecule has 2 aromatic rings. The second kappa shape index (κ2) is 9.11. The van der Waals surface area contributed by atoms with E-state index in [1.165, 1.54) is 29.2 Å². The monoisotopic (exact) mass is 465 g/mol. The van der Waals surface area contributed by atoms with Gasteiger partial charge in [-0.15, -0.1) is 0 Å². The lowest BCUT2D eigenvalue weighted by Gasteiger charge is -2.56. The van der Waals surface area contributed by atoms with Crippen LogP contribution in [-0.2, 0) is 6.54 Å². The minimum atomic E-state index is -0.397. The molecule has 2 bridgehead atoms. The summed E-state index contributed by atoms with van der Waals surface area (Å²) in [6.45, 7) is 8.01. The van der Waals surface area contributed by atoms with Gasteiger partial charge in [0.05, 0.1) is 18.8 Å². The minimum absolute atomic E-state index is 0.00891. The highest BCUT2D eigenvalue weighted by molar-refractivity contribution is 5.84. The smallest absolute Gasteiger partial charge is 0.120 e. The van der Waals surface area contributed by atoms with Crippen LogP contribution < -0.4 is 10.1 Å². The molecule has 4 aliphatic carbocycles. The molecule has 4 fully saturated rings. The molecule has 4 nitrogen and oxygen atoms in total. The number of hydrogen-bond acceptors (Lipinski definition) is 4. The number of rotatable bonds is 6. The fourth-order valence-electron chi connectivity index (χ4n) is 6.85. The van der Waals surface area contributed by atoms with Crippen LogP contribution in [0.4, 0.5) is 0 Å². The molecule has 0 saturated heterocycles. The zero-order chi connectivity index (χ0) is 24.0. The van der Waals surface area contributed by atoms with Crippen LogP contribution in [0.2, 0.25) is 0 Å². The molecule has 3 N–H and O–H groups in total. The first kappa shape index (κ1) is 24.1. The molecule has 0 aliphatic heterocycles. The van der Waals surface area contributed by atoms with E-state index in [1.54, 1.807) is 0 Å². The highest BCUT2D eigenvalue weighted by atomic mass is 16.5. The normalized spacial score (nSPS) is 33.9. The molecule has 4 heteroatoms. The van der Waals surface area contributed by atoms with Crippen LogP contribution in [0.5, 0.6) is 5.75 Å². The molecule has 4 aliphatic rings. The standard InChI is InChI=1S/C30H43NO3/c1-28(2,3)24-7-10-25(11-8-24)34-26-9-6-22-16-21(4-5-23(22)17-26)19-31-30-14-12-29(20-32,13-15-30)27(33)18-30/h4-6,9,16-17,24-25,27,31-33H,7-8,10-15,18-20H2,1-3H3/t24-,25-,27?,29?,30?. The van der Waals surface area contributed by atoms with E-state index in [0.29, 0.717) is 11.5 Å². The molecule has 1 unspecified atom stereocenters. The number of fused-ring (bicyclic) bond motifs is 4. The van der Waals surface area contributed by atoms with E-state index in [1.807, 2.05) is 0 Å². The highest BCUT2D eigenvalue weighted by Crippen LogP contribution is 2.52. The Hall–Kier alpha value is -1.62. The van der Waals surface area contributed by atoms with Gasteiger partial charge in [-0.05, 0) is 104 Å². The predicted molar refractivity (Wildman–Crippen MR) is 138 cm³/mol. The molecule has 0 heterocycles. The van der Waals surface area contributed by atoms with Gasteiger partial charge in [-0.3, -0.25) is 0 Å². The lowest BCUT2D eigenvalue weighted by atomic mass is 9.56. The Bertz CT molecular complexity index is 994. The van der Waals surface area contributed by atoms with Gasteiger partial charge in [0.2, 0.25) is 0 Å². The van der Waals surface area contributed by atoms with Crippen molar-refractivity contribution in [2.24, 2.45) is 16.7 Å². The molecular weight excluding hydrogens is 422 g/mol. The fourth-order valence-corrected chi connectivity index (χ4v) is 6.85. The van der Waals surface area contributed by atoms with E-state index >= 15 is 0 Å². The fraction of sp³-hybridized carbons (Fsp3) is 0.667. The average molecular weight is 466 g/mol. The number of nitrogens with one attached hydrogen (secondary N) is 1. The number of ether oxygens (including phenoxy) is 1. The van der Waals surface area contributed by atoms with Crippen molar-refractivity contribution >= 4 is 10.8 Å². The molecule has 0 radical (unpaired) electrons. The summed E-state index contributed by atoms with van der Waals surface area (Å²) in [7, 11) is 0. The van der Waals surface area contributed by atoms with E-state index in [9.17, 15) is 10.2 Å². The van der Waals surface area contributed by atoms with Crippen LogP contribution in [0, 0.1) is 16.7 Å². The van der Waals surface area contributed by atoms with Crippen molar-refractivity contribution in [3.63, 3.8) is 0 Å². The Morgan fingerprint density at radius 2 is 1.62 bits per heavy atom. The van der Waals surface area contributed by atoms with Crippen LogP contribution in [0.3, 0.4) is 0 Å². The van der Waals surface area contributed by atoms with Crippen molar-refractivity contribution in [2.75, 3.05) is 6.61 Å². The lowest BCUT2D eigenvalue weighted by Crippen LogP contribution is -2.61. The Morgan fingerprint density at radius 3 is 2.26 bits per heavy atom. The molecule has 186 valence electrons. The first-order chi connectivity index (χ1) is 16.2. The number of benzene rings is 2. The minimum Gasteiger partial charge on any atom is -0.490 e. The zero-order valence-corrected chi connectivity index (χ0v) is 21.3. The highest BCUT2D eigenvalue weighted by Gasteiger charge is 2.53. The van der Waals surface area contributed by atoms with E-state index < -0.39 is 6.10 Å². The third-order valence-corrected chi connectivity index (χ3v) is 9.55. The Kier molecular flexibility index (Phi) is 6.46. The van der Waals surface area contributed by atoms with Gasteiger partial charge in [0.1, 0.15) is 5.75 Å². The predicted octanol–water partition coefficient (Wildman–Crippen LogP) is 5.97. The van der Waals surface area contributed by atoms with Gasteiger partial charge >= 0.3 is 0 Å². The maximum atomic E-state index is 10.6. The van der Waals surface area contributed by atoms with Gasteiger partial charge in [-0.25, -0.2) is 0 Å². The lowest BCUT2D eigenvalue weighted by molar-refractivity contribution is -0.118. The molecule has 1 atom stereocenters. The van der Waals surface area contributed by atoms with Gasteiger partial charge in [-0.2, -0.15) is 0 Å². The largest absolute Gasteiger partial charge is 0.490 e. The third-order valence-electron chi connectivity index (χ3n) is 9.55. The van der Waals surface area contributed by atoms with E-state index in [-0.39, 0.29) is 17.6 Å².